The number of carbonyl (C=O) groups is 2. The van der Waals surface area contributed by atoms with Gasteiger partial charge < -0.3 is 9.64 Å². The highest BCUT2D eigenvalue weighted by molar-refractivity contribution is 7.89. The number of halogens is 1. The summed E-state index contributed by atoms with van der Waals surface area (Å²) < 4.78 is 41.6. The second-order valence-electron chi connectivity index (χ2n) is 7.46. The number of nitrogens with two attached hydrogens (primary N) is 1. The number of fused-ring (bicyclic) bond motifs is 1. The first-order valence-corrected chi connectivity index (χ1v) is 10.6. The Kier molecular flexibility index (Phi) is 5.53. The highest BCUT2D eigenvalue weighted by atomic mass is 32.2. The van der Waals surface area contributed by atoms with Crippen LogP contribution in [0.15, 0.2) is 59.1 Å². The maximum absolute atomic E-state index is 13.9. The van der Waals surface area contributed by atoms with Crippen molar-refractivity contribution in [1.29, 1.82) is 0 Å². The van der Waals surface area contributed by atoms with Crippen molar-refractivity contribution in [2.24, 2.45) is 5.14 Å². The van der Waals surface area contributed by atoms with Gasteiger partial charge in [-0.1, -0.05) is 32.0 Å². The number of esters is 1. The van der Waals surface area contributed by atoms with Crippen molar-refractivity contribution in [1.82, 2.24) is 0 Å². The minimum Gasteiger partial charge on any atom is -0.454 e. The van der Waals surface area contributed by atoms with Crippen LogP contribution in [0.5, 0.6) is 0 Å². The molecule has 2 aromatic rings. The van der Waals surface area contributed by atoms with E-state index in [9.17, 15) is 22.4 Å². The molecule has 0 atom stereocenters. The predicted molar refractivity (Wildman–Crippen MR) is 109 cm³/mol. The molecule has 2 N–H and O–H groups in total. The third-order valence-corrected chi connectivity index (χ3v) is 5.98. The molecule has 1 heterocycles. The molecule has 7 nitrogen and oxygen atoms in total. The van der Waals surface area contributed by atoms with Crippen molar-refractivity contribution < 1.29 is 27.1 Å². The van der Waals surface area contributed by atoms with E-state index in [2.05, 4.69) is 0 Å². The third-order valence-electron chi connectivity index (χ3n) is 5.07. The zero-order chi connectivity index (χ0) is 22.3. The van der Waals surface area contributed by atoms with Gasteiger partial charge in [0.15, 0.2) is 12.4 Å². The maximum atomic E-state index is 13.9. The largest absolute Gasteiger partial charge is 0.454 e. The van der Waals surface area contributed by atoms with Crippen LogP contribution in [0, 0.1) is 5.82 Å². The van der Waals surface area contributed by atoms with E-state index in [1.807, 2.05) is 50.1 Å². The van der Waals surface area contributed by atoms with Gasteiger partial charge in [0.05, 0.1) is 10.5 Å². The van der Waals surface area contributed by atoms with Crippen LogP contribution in [0.25, 0.3) is 0 Å². The molecule has 0 fully saturated rings. The van der Waals surface area contributed by atoms with E-state index in [4.69, 9.17) is 9.88 Å². The number of sulfonamides is 1. The minimum atomic E-state index is -4.12. The molecular weight excluding hydrogens is 411 g/mol. The van der Waals surface area contributed by atoms with Crippen LogP contribution >= 0.6 is 0 Å². The Morgan fingerprint density at radius 1 is 1.20 bits per heavy atom. The topological polar surface area (TPSA) is 107 Å². The summed E-state index contributed by atoms with van der Waals surface area (Å²) in [6.45, 7) is 3.34. The average Bonchev–Trinajstić information content (AvgIpc) is 2.86. The first-order chi connectivity index (χ1) is 13.9. The van der Waals surface area contributed by atoms with Crippen molar-refractivity contribution in [2.75, 3.05) is 18.6 Å². The number of benzene rings is 2. The predicted octanol–water partition coefficient (Wildman–Crippen LogP) is 2.51. The Balaban J connectivity index is 1.76. The number of likely N-dealkylation sites (N-methyl/N-ethyl adjacent to an activating group) is 1. The minimum absolute atomic E-state index is 0.430. The lowest BCUT2D eigenvalue weighted by Crippen LogP contribution is -2.25. The Morgan fingerprint density at radius 3 is 2.50 bits per heavy atom. The van der Waals surface area contributed by atoms with Gasteiger partial charge >= 0.3 is 5.97 Å². The van der Waals surface area contributed by atoms with E-state index in [1.165, 1.54) is 6.08 Å². The van der Waals surface area contributed by atoms with Gasteiger partial charge in [-0.3, -0.25) is 4.79 Å². The molecule has 30 heavy (non-hydrogen) atoms. The second-order valence-corrected chi connectivity index (χ2v) is 9.02. The average molecular weight is 432 g/mol. The fraction of sp³-hybridized carbons (Fsp3) is 0.238. The van der Waals surface area contributed by atoms with Crippen LogP contribution in [0.4, 0.5) is 10.1 Å². The molecule has 1 aliphatic heterocycles. The number of ether oxygens (including phenoxy) is 1. The molecule has 0 radical (unpaired) electrons. The number of rotatable bonds is 5. The Bertz CT molecular complexity index is 1170. The summed E-state index contributed by atoms with van der Waals surface area (Å²) in [5.74, 6) is -2.63. The van der Waals surface area contributed by atoms with Gasteiger partial charge in [-0.15, -0.1) is 0 Å². The van der Waals surface area contributed by atoms with Gasteiger partial charge in [0.1, 0.15) is 5.82 Å². The molecule has 3 rings (SSSR count). The second kappa shape index (κ2) is 7.66. The maximum Gasteiger partial charge on any atom is 0.341 e. The van der Waals surface area contributed by atoms with Crippen LogP contribution in [-0.2, 0) is 25.0 Å². The van der Waals surface area contributed by atoms with E-state index in [0.29, 0.717) is 0 Å². The van der Waals surface area contributed by atoms with Crippen molar-refractivity contribution >= 4 is 27.5 Å². The Hall–Kier alpha value is -3.04. The molecule has 158 valence electrons. The number of primary sulfonamides is 1. The molecule has 0 aromatic heterocycles. The molecular formula is C21H21FN2O5S. The van der Waals surface area contributed by atoms with E-state index in [-0.39, 0.29) is 0 Å². The van der Waals surface area contributed by atoms with Crippen molar-refractivity contribution in [3.63, 3.8) is 0 Å². The highest BCUT2D eigenvalue weighted by Crippen LogP contribution is 2.46. The summed E-state index contributed by atoms with van der Waals surface area (Å²) in [6, 6.07) is 10.3. The molecule has 0 amide bonds. The molecule has 2 aromatic carbocycles. The molecule has 9 heteroatoms. The van der Waals surface area contributed by atoms with Crippen LogP contribution < -0.4 is 10.0 Å². The van der Waals surface area contributed by atoms with Gasteiger partial charge in [0.2, 0.25) is 10.0 Å². The van der Waals surface area contributed by atoms with Crippen LogP contribution in [0.1, 0.15) is 29.8 Å². The molecule has 0 unspecified atom stereocenters. The SMILES string of the molecule is CN1/C(=C\C(=O)COC(=O)c2cc(S(N)(=O)=O)ccc2F)C(C)(C)c2ccccc21. The van der Waals surface area contributed by atoms with Crippen molar-refractivity contribution in [3.8, 4) is 0 Å². The lowest BCUT2D eigenvalue weighted by Gasteiger charge is -2.23. The molecule has 1 aliphatic rings. The number of allylic oxidation sites excluding steroid dienone is 1. The molecule has 0 saturated heterocycles. The van der Waals surface area contributed by atoms with Gasteiger partial charge in [-0.2, -0.15) is 0 Å². The third kappa shape index (κ3) is 3.99. The highest BCUT2D eigenvalue weighted by Gasteiger charge is 2.38. The van der Waals surface area contributed by atoms with Crippen LogP contribution in [0.2, 0.25) is 0 Å². The lowest BCUT2D eigenvalue weighted by atomic mass is 9.83. The quantitative estimate of drug-likeness (QED) is 0.575. The zero-order valence-corrected chi connectivity index (χ0v) is 17.5. The van der Waals surface area contributed by atoms with Gasteiger partial charge in [0, 0.05) is 29.9 Å². The zero-order valence-electron chi connectivity index (χ0n) is 16.7. The lowest BCUT2D eigenvalue weighted by molar-refractivity contribution is -0.117. The van der Waals surface area contributed by atoms with E-state index in [1.54, 1.807) is 0 Å². The fourth-order valence-corrected chi connectivity index (χ4v) is 4.05. The van der Waals surface area contributed by atoms with Crippen molar-refractivity contribution in [3.05, 3.63) is 71.2 Å². The summed E-state index contributed by atoms with van der Waals surface area (Å²) in [7, 11) is -2.28. The standard InChI is InChI=1S/C21H21FN2O5S/c1-21(2)16-6-4-5-7-18(16)24(3)19(21)10-13(25)12-29-20(26)15-11-14(30(23,27)28)8-9-17(15)22/h4-11H,12H2,1-3H3,(H2,23,27,28)/b19-10-. The summed E-state index contributed by atoms with van der Waals surface area (Å²) in [6.07, 6.45) is 1.39. The summed E-state index contributed by atoms with van der Waals surface area (Å²) in [4.78, 5) is 26.1. The van der Waals surface area contributed by atoms with Gasteiger partial charge in [-0.25, -0.2) is 22.7 Å². The monoisotopic (exact) mass is 432 g/mol. The van der Waals surface area contributed by atoms with E-state index in [0.717, 1.165) is 35.1 Å². The number of anilines is 1. The number of hydrogen-bond acceptors (Lipinski definition) is 6. The van der Waals surface area contributed by atoms with Crippen molar-refractivity contribution in [2.45, 2.75) is 24.2 Å². The smallest absolute Gasteiger partial charge is 0.341 e. The summed E-state index contributed by atoms with van der Waals surface area (Å²) in [5.41, 5.74) is 1.71. The summed E-state index contributed by atoms with van der Waals surface area (Å²) >= 11 is 0. The summed E-state index contributed by atoms with van der Waals surface area (Å²) in [5, 5.41) is 5.00. The Morgan fingerprint density at radius 2 is 1.87 bits per heavy atom. The van der Waals surface area contributed by atoms with E-state index < -0.39 is 50.1 Å². The van der Waals surface area contributed by atoms with Crippen LogP contribution in [-0.4, -0.2) is 33.8 Å². The number of para-hydroxylation sites is 1. The fourth-order valence-electron chi connectivity index (χ4n) is 3.51. The molecule has 0 saturated carbocycles. The van der Waals surface area contributed by atoms with Gasteiger partial charge in [0.25, 0.3) is 0 Å². The molecule has 0 bridgehead atoms. The van der Waals surface area contributed by atoms with E-state index >= 15 is 0 Å². The van der Waals surface area contributed by atoms with Gasteiger partial charge in [-0.05, 0) is 29.8 Å². The first kappa shape index (κ1) is 21.7. The number of carbonyl (C=O) groups excluding carboxylic acids is 2. The molecule has 0 aliphatic carbocycles. The number of ketones is 1. The first-order valence-electron chi connectivity index (χ1n) is 9.00. The number of hydrogen-bond donors (Lipinski definition) is 1. The van der Waals surface area contributed by atoms with Crippen LogP contribution in [0.3, 0.4) is 0 Å². The number of nitrogens with zero attached hydrogens (tertiary/aromatic N) is 1. The normalized spacial score (nSPS) is 16.4. The Labute approximate surface area is 174 Å². The molecule has 0 spiro atoms.